The molecule has 0 aliphatic heterocycles. The van der Waals surface area contributed by atoms with Crippen molar-refractivity contribution in [2.75, 3.05) is 13.2 Å². The van der Waals surface area contributed by atoms with Crippen molar-refractivity contribution in [2.45, 2.75) is 32.9 Å². The lowest BCUT2D eigenvalue weighted by molar-refractivity contribution is -0.143. The zero-order valence-electron chi connectivity index (χ0n) is 7.83. The van der Waals surface area contributed by atoms with Gasteiger partial charge in [-0.1, -0.05) is 13.8 Å². The van der Waals surface area contributed by atoms with Crippen LogP contribution in [0.2, 0.25) is 0 Å². The first-order valence-corrected chi connectivity index (χ1v) is 4.09. The van der Waals surface area contributed by atoms with E-state index >= 15 is 0 Å². The molecule has 1 unspecified atom stereocenters. The normalized spacial score (nSPS) is 13.3. The van der Waals surface area contributed by atoms with Crippen LogP contribution >= 0.6 is 0 Å². The SMILES string of the molecule is CC(C)NCC(C)OCC(=O)O. The third-order valence-corrected chi connectivity index (χ3v) is 1.30. The van der Waals surface area contributed by atoms with Crippen molar-refractivity contribution in [3.63, 3.8) is 0 Å². The van der Waals surface area contributed by atoms with Crippen LogP contribution in [0.5, 0.6) is 0 Å². The molecule has 0 fully saturated rings. The maximum Gasteiger partial charge on any atom is 0.329 e. The van der Waals surface area contributed by atoms with Crippen LogP contribution in [0.15, 0.2) is 0 Å². The van der Waals surface area contributed by atoms with Gasteiger partial charge in [-0.2, -0.15) is 0 Å². The van der Waals surface area contributed by atoms with Crippen LogP contribution in [0.25, 0.3) is 0 Å². The predicted molar refractivity (Wildman–Crippen MR) is 46.2 cm³/mol. The Kier molecular flexibility index (Phi) is 5.66. The molecule has 12 heavy (non-hydrogen) atoms. The van der Waals surface area contributed by atoms with Crippen molar-refractivity contribution in [3.05, 3.63) is 0 Å². The number of carboxylic acid groups (broad SMARTS) is 1. The molecule has 0 aliphatic rings. The number of ether oxygens (including phenoxy) is 1. The second-order valence-electron chi connectivity index (χ2n) is 3.08. The van der Waals surface area contributed by atoms with E-state index in [1.807, 2.05) is 20.8 Å². The molecule has 0 amide bonds. The molecule has 4 heteroatoms. The van der Waals surface area contributed by atoms with Gasteiger partial charge in [0.1, 0.15) is 6.61 Å². The van der Waals surface area contributed by atoms with Gasteiger partial charge in [0.15, 0.2) is 0 Å². The summed E-state index contributed by atoms with van der Waals surface area (Å²) < 4.78 is 4.99. The zero-order chi connectivity index (χ0) is 9.56. The van der Waals surface area contributed by atoms with E-state index in [-0.39, 0.29) is 12.7 Å². The summed E-state index contributed by atoms with van der Waals surface area (Å²) in [6.45, 7) is 6.37. The Balaban J connectivity index is 3.33. The average Bonchev–Trinajstić information content (AvgIpc) is 1.96. The van der Waals surface area contributed by atoms with Crippen molar-refractivity contribution in [3.8, 4) is 0 Å². The molecule has 0 aliphatic carbocycles. The monoisotopic (exact) mass is 175 g/mol. The lowest BCUT2D eigenvalue weighted by atomic mass is 10.3. The predicted octanol–water partition coefficient (Wildman–Crippen LogP) is 0.474. The molecule has 4 nitrogen and oxygen atoms in total. The first-order valence-electron chi connectivity index (χ1n) is 4.09. The van der Waals surface area contributed by atoms with Crippen LogP contribution in [0, 0.1) is 0 Å². The van der Waals surface area contributed by atoms with Gasteiger partial charge in [0.05, 0.1) is 6.10 Å². The van der Waals surface area contributed by atoms with Gasteiger partial charge in [0.25, 0.3) is 0 Å². The highest BCUT2D eigenvalue weighted by Gasteiger charge is 2.04. The van der Waals surface area contributed by atoms with Crippen LogP contribution in [0.3, 0.4) is 0 Å². The topological polar surface area (TPSA) is 58.6 Å². The molecular weight excluding hydrogens is 158 g/mol. The molecule has 0 saturated heterocycles. The summed E-state index contributed by atoms with van der Waals surface area (Å²) in [5.41, 5.74) is 0. The van der Waals surface area contributed by atoms with Crippen LogP contribution in [0.1, 0.15) is 20.8 Å². The summed E-state index contributed by atoms with van der Waals surface area (Å²) in [6, 6.07) is 0.404. The highest BCUT2D eigenvalue weighted by Crippen LogP contribution is 1.89. The second kappa shape index (κ2) is 5.97. The second-order valence-corrected chi connectivity index (χ2v) is 3.08. The first-order chi connectivity index (χ1) is 5.52. The molecule has 0 aromatic heterocycles. The van der Waals surface area contributed by atoms with Gasteiger partial charge in [-0.05, 0) is 6.92 Å². The molecule has 0 bridgehead atoms. The number of aliphatic carboxylic acids is 1. The number of carbonyl (C=O) groups is 1. The molecule has 2 N–H and O–H groups in total. The van der Waals surface area contributed by atoms with E-state index in [0.29, 0.717) is 12.6 Å². The van der Waals surface area contributed by atoms with E-state index < -0.39 is 5.97 Å². The maximum atomic E-state index is 10.1. The molecule has 72 valence electrons. The smallest absolute Gasteiger partial charge is 0.329 e. The van der Waals surface area contributed by atoms with E-state index in [1.54, 1.807) is 0 Å². The van der Waals surface area contributed by atoms with Crippen molar-refractivity contribution >= 4 is 5.97 Å². The summed E-state index contributed by atoms with van der Waals surface area (Å²) in [5, 5.41) is 11.4. The Morgan fingerprint density at radius 3 is 2.50 bits per heavy atom. The minimum Gasteiger partial charge on any atom is -0.480 e. The number of carboxylic acids is 1. The highest BCUT2D eigenvalue weighted by molar-refractivity contribution is 5.68. The largest absolute Gasteiger partial charge is 0.480 e. The van der Waals surface area contributed by atoms with E-state index in [0.717, 1.165) is 0 Å². The Morgan fingerprint density at radius 2 is 2.08 bits per heavy atom. The minimum absolute atomic E-state index is 0.0523. The minimum atomic E-state index is -0.925. The molecule has 0 heterocycles. The number of nitrogens with one attached hydrogen (secondary N) is 1. The van der Waals surface area contributed by atoms with Gasteiger partial charge in [0, 0.05) is 12.6 Å². The third kappa shape index (κ3) is 7.50. The molecule has 0 saturated carbocycles. The van der Waals surface area contributed by atoms with Gasteiger partial charge in [0.2, 0.25) is 0 Å². The molecule has 0 aromatic carbocycles. The van der Waals surface area contributed by atoms with Gasteiger partial charge in [-0.3, -0.25) is 0 Å². The third-order valence-electron chi connectivity index (χ3n) is 1.30. The van der Waals surface area contributed by atoms with Crippen LogP contribution in [-0.2, 0) is 9.53 Å². The molecule has 1 atom stereocenters. The van der Waals surface area contributed by atoms with E-state index in [2.05, 4.69) is 5.32 Å². The van der Waals surface area contributed by atoms with Crippen molar-refractivity contribution < 1.29 is 14.6 Å². The molecule has 0 aromatic rings. The van der Waals surface area contributed by atoms with Gasteiger partial charge in [-0.25, -0.2) is 4.79 Å². The van der Waals surface area contributed by atoms with Crippen molar-refractivity contribution in [1.82, 2.24) is 5.32 Å². The Bertz CT molecular complexity index is 136. The average molecular weight is 175 g/mol. The van der Waals surface area contributed by atoms with Crippen molar-refractivity contribution in [1.29, 1.82) is 0 Å². The molecular formula is C8H17NO3. The van der Waals surface area contributed by atoms with Gasteiger partial charge < -0.3 is 15.2 Å². The number of hydrogen-bond donors (Lipinski definition) is 2. The summed E-state index contributed by atoms with van der Waals surface area (Å²) in [7, 11) is 0. The Morgan fingerprint density at radius 1 is 1.50 bits per heavy atom. The fourth-order valence-electron chi connectivity index (χ4n) is 0.674. The maximum absolute atomic E-state index is 10.1. The summed E-state index contributed by atoms with van der Waals surface area (Å²) in [4.78, 5) is 10.1. The molecule has 0 rings (SSSR count). The van der Waals surface area contributed by atoms with E-state index in [1.165, 1.54) is 0 Å². The standard InChI is InChI=1S/C8H17NO3/c1-6(2)9-4-7(3)12-5-8(10)11/h6-7,9H,4-5H2,1-3H3,(H,10,11). The molecule has 0 spiro atoms. The van der Waals surface area contributed by atoms with Crippen molar-refractivity contribution in [2.24, 2.45) is 0 Å². The highest BCUT2D eigenvalue weighted by atomic mass is 16.5. The fourth-order valence-corrected chi connectivity index (χ4v) is 0.674. The Labute approximate surface area is 72.9 Å². The Hall–Kier alpha value is -0.610. The van der Waals surface area contributed by atoms with Crippen LogP contribution in [-0.4, -0.2) is 36.4 Å². The fraction of sp³-hybridized carbons (Fsp3) is 0.875. The van der Waals surface area contributed by atoms with Gasteiger partial charge >= 0.3 is 5.97 Å². The summed E-state index contributed by atoms with van der Waals surface area (Å²) in [5.74, 6) is -0.925. The summed E-state index contributed by atoms with van der Waals surface area (Å²) >= 11 is 0. The lowest BCUT2D eigenvalue weighted by Gasteiger charge is -2.14. The van der Waals surface area contributed by atoms with Crippen LogP contribution in [0.4, 0.5) is 0 Å². The van der Waals surface area contributed by atoms with E-state index in [9.17, 15) is 4.79 Å². The quantitative estimate of drug-likeness (QED) is 0.616. The zero-order valence-corrected chi connectivity index (χ0v) is 7.83. The first kappa shape index (κ1) is 11.4. The van der Waals surface area contributed by atoms with Crippen LogP contribution < -0.4 is 5.32 Å². The number of hydrogen-bond acceptors (Lipinski definition) is 3. The van der Waals surface area contributed by atoms with Gasteiger partial charge in [-0.15, -0.1) is 0 Å². The summed E-state index contributed by atoms with van der Waals surface area (Å²) in [6.07, 6.45) is -0.0523. The lowest BCUT2D eigenvalue weighted by Crippen LogP contribution is -2.32. The number of rotatable bonds is 6. The molecule has 0 radical (unpaired) electrons. The van der Waals surface area contributed by atoms with E-state index in [4.69, 9.17) is 9.84 Å².